The number of carbonyl (C=O) groups excluding carboxylic acids is 1. The summed E-state index contributed by atoms with van der Waals surface area (Å²) in [6.45, 7) is 2.77. The molecule has 1 aromatic heterocycles. The highest BCUT2D eigenvalue weighted by Gasteiger charge is 2.56. The molecule has 0 saturated heterocycles. The van der Waals surface area contributed by atoms with Gasteiger partial charge in [-0.15, -0.1) is 0 Å². The highest BCUT2D eigenvalue weighted by molar-refractivity contribution is 5.90. The second-order valence-electron chi connectivity index (χ2n) is 5.37. The zero-order valence-electron chi connectivity index (χ0n) is 11.4. The number of ether oxygens (including phenoxy) is 1. The number of aliphatic hydroxyl groups is 2. The van der Waals surface area contributed by atoms with E-state index in [9.17, 15) is 28.2 Å². The zero-order chi connectivity index (χ0) is 16.1. The molecule has 1 aliphatic rings. The van der Waals surface area contributed by atoms with Gasteiger partial charge in [0.05, 0.1) is 18.4 Å². The van der Waals surface area contributed by atoms with Crippen LogP contribution in [0.4, 0.5) is 13.2 Å². The van der Waals surface area contributed by atoms with Crippen molar-refractivity contribution in [3.63, 3.8) is 0 Å². The standard InChI is InChI=1S/C12H15F3N2O4/c1-3-21-9(18)7-4-16-17(8(7)12(13,14)15)11(20)5-10(2,19)6-11/h4,19-20H,3,5-6H2,1-2H3. The topological polar surface area (TPSA) is 84.6 Å². The van der Waals surface area contributed by atoms with Crippen LogP contribution in [-0.2, 0) is 16.6 Å². The van der Waals surface area contributed by atoms with Crippen molar-refractivity contribution < 1.29 is 32.9 Å². The van der Waals surface area contributed by atoms with Crippen molar-refractivity contribution in [1.29, 1.82) is 0 Å². The van der Waals surface area contributed by atoms with E-state index in [1.807, 2.05) is 0 Å². The molecule has 0 atom stereocenters. The molecule has 21 heavy (non-hydrogen) atoms. The van der Waals surface area contributed by atoms with Crippen LogP contribution in [0, 0.1) is 0 Å². The van der Waals surface area contributed by atoms with Gasteiger partial charge in [0.1, 0.15) is 5.56 Å². The van der Waals surface area contributed by atoms with Gasteiger partial charge in [-0.1, -0.05) is 0 Å². The SMILES string of the molecule is CCOC(=O)c1cnn(C2(O)CC(C)(O)C2)c1C(F)(F)F. The van der Waals surface area contributed by atoms with Gasteiger partial charge < -0.3 is 14.9 Å². The van der Waals surface area contributed by atoms with Gasteiger partial charge in [0, 0.05) is 12.8 Å². The lowest BCUT2D eigenvalue weighted by Gasteiger charge is -2.48. The fourth-order valence-corrected chi connectivity index (χ4v) is 2.61. The number of esters is 1. The third-order valence-corrected chi connectivity index (χ3v) is 3.26. The fraction of sp³-hybridized carbons (Fsp3) is 0.667. The number of carbonyl (C=O) groups is 1. The van der Waals surface area contributed by atoms with E-state index in [1.54, 1.807) is 0 Å². The Kier molecular flexibility index (Phi) is 3.53. The van der Waals surface area contributed by atoms with Gasteiger partial charge in [-0.2, -0.15) is 18.3 Å². The van der Waals surface area contributed by atoms with Crippen LogP contribution >= 0.6 is 0 Å². The average molecular weight is 308 g/mol. The normalized spacial score (nSPS) is 29.1. The maximum absolute atomic E-state index is 13.2. The zero-order valence-corrected chi connectivity index (χ0v) is 11.4. The summed E-state index contributed by atoms with van der Waals surface area (Å²) in [6, 6.07) is 0. The second kappa shape index (κ2) is 4.70. The molecule has 2 rings (SSSR count). The lowest BCUT2D eigenvalue weighted by atomic mass is 9.74. The quantitative estimate of drug-likeness (QED) is 0.822. The predicted octanol–water partition coefficient (Wildman–Crippen LogP) is 1.27. The van der Waals surface area contributed by atoms with Crippen LogP contribution in [0.1, 0.15) is 42.7 Å². The van der Waals surface area contributed by atoms with E-state index in [0.717, 1.165) is 0 Å². The summed E-state index contributed by atoms with van der Waals surface area (Å²) in [6.07, 6.45) is -4.80. The minimum absolute atomic E-state index is 0.0830. The van der Waals surface area contributed by atoms with Gasteiger partial charge in [0.25, 0.3) is 0 Å². The molecule has 0 spiro atoms. The summed E-state index contributed by atoms with van der Waals surface area (Å²) in [4.78, 5) is 11.6. The summed E-state index contributed by atoms with van der Waals surface area (Å²) in [7, 11) is 0. The molecule has 0 aliphatic heterocycles. The molecule has 1 aliphatic carbocycles. The third-order valence-electron chi connectivity index (χ3n) is 3.26. The van der Waals surface area contributed by atoms with Crippen LogP contribution in [-0.4, -0.2) is 38.2 Å². The van der Waals surface area contributed by atoms with E-state index in [0.29, 0.717) is 10.9 Å². The Morgan fingerprint density at radius 3 is 2.48 bits per heavy atom. The Morgan fingerprint density at radius 2 is 2.05 bits per heavy atom. The van der Waals surface area contributed by atoms with Crippen molar-refractivity contribution in [3.05, 3.63) is 17.5 Å². The Hall–Kier alpha value is -1.61. The molecule has 0 aromatic carbocycles. The van der Waals surface area contributed by atoms with Crippen molar-refractivity contribution in [3.8, 4) is 0 Å². The van der Waals surface area contributed by atoms with E-state index in [1.165, 1.54) is 13.8 Å². The second-order valence-corrected chi connectivity index (χ2v) is 5.37. The highest BCUT2D eigenvalue weighted by atomic mass is 19.4. The lowest BCUT2D eigenvalue weighted by molar-refractivity contribution is -0.234. The third kappa shape index (κ3) is 2.75. The van der Waals surface area contributed by atoms with Gasteiger partial charge in [-0.25, -0.2) is 9.48 Å². The molecule has 0 unspecified atom stereocenters. The number of halogens is 3. The van der Waals surface area contributed by atoms with Crippen molar-refractivity contribution >= 4 is 5.97 Å². The van der Waals surface area contributed by atoms with Gasteiger partial charge in [-0.3, -0.25) is 0 Å². The molecule has 1 fully saturated rings. The van der Waals surface area contributed by atoms with E-state index < -0.39 is 34.7 Å². The molecule has 2 N–H and O–H groups in total. The number of hydrogen-bond donors (Lipinski definition) is 2. The van der Waals surface area contributed by atoms with Gasteiger partial charge >= 0.3 is 12.1 Å². The first-order chi connectivity index (χ1) is 9.50. The molecule has 1 saturated carbocycles. The smallest absolute Gasteiger partial charge is 0.434 e. The number of rotatable bonds is 3. The highest BCUT2D eigenvalue weighted by Crippen LogP contribution is 2.47. The minimum Gasteiger partial charge on any atom is -0.462 e. The van der Waals surface area contributed by atoms with Gasteiger partial charge in [-0.05, 0) is 13.8 Å². The molecular formula is C12H15F3N2O4. The molecule has 1 aromatic rings. The first-order valence-electron chi connectivity index (χ1n) is 6.28. The van der Waals surface area contributed by atoms with Crippen LogP contribution in [0.3, 0.4) is 0 Å². The van der Waals surface area contributed by atoms with E-state index >= 15 is 0 Å². The summed E-state index contributed by atoms with van der Waals surface area (Å²) in [5.74, 6) is -1.16. The molecule has 0 amide bonds. The molecule has 9 heteroatoms. The van der Waals surface area contributed by atoms with Crippen LogP contribution in [0.15, 0.2) is 6.20 Å². The Bertz CT molecular complexity index is 557. The molecule has 0 bridgehead atoms. The van der Waals surface area contributed by atoms with Crippen molar-refractivity contribution in [1.82, 2.24) is 9.78 Å². The number of nitrogens with zero attached hydrogens (tertiary/aromatic N) is 2. The molecule has 0 radical (unpaired) electrons. The predicted molar refractivity (Wildman–Crippen MR) is 63.2 cm³/mol. The lowest BCUT2D eigenvalue weighted by Crippen LogP contribution is -2.57. The molecule has 118 valence electrons. The van der Waals surface area contributed by atoms with Crippen molar-refractivity contribution in [2.24, 2.45) is 0 Å². The summed E-state index contributed by atoms with van der Waals surface area (Å²) in [5.41, 5.74) is -5.38. The van der Waals surface area contributed by atoms with E-state index in [2.05, 4.69) is 9.84 Å². The number of alkyl halides is 3. The van der Waals surface area contributed by atoms with Gasteiger partial charge in [0.15, 0.2) is 11.4 Å². The Balaban J connectivity index is 2.47. The molecular weight excluding hydrogens is 293 g/mol. The van der Waals surface area contributed by atoms with E-state index in [4.69, 9.17) is 0 Å². The van der Waals surface area contributed by atoms with E-state index in [-0.39, 0.29) is 19.4 Å². The van der Waals surface area contributed by atoms with Crippen LogP contribution in [0.5, 0.6) is 0 Å². The van der Waals surface area contributed by atoms with Crippen LogP contribution < -0.4 is 0 Å². The Morgan fingerprint density at radius 1 is 1.48 bits per heavy atom. The summed E-state index contributed by atoms with van der Waals surface area (Å²) >= 11 is 0. The summed E-state index contributed by atoms with van der Waals surface area (Å²) in [5, 5.41) is 23.3. The Labute approximate surface area is 118 Å². The van der Waals surface area contributed by atoms with Crippen LogP contribution in [0.2, 0.25) is 0 Å². The average Bonchev–Trinajstić information content (AvgIpc) is 2.70. The maximum atomic E-state index is 13.2. The van der Waals surface area contributed by atoms with Crippen molar-refractivity contribution in [2.45, 2.75) is 44.2 Å². The van der Waals surface area contributed by atoms with Crippen LogP contribution in [0.25, 0.3) is 0 Å². The first-order valence-corrected chi connectivity index (χ1v) is 6.28. The largest absolute Gasteiger partial charge is 0.462 e. The maximum Gasteiger partial charge on any atom is 0.434 e. The number of hydrogen-bond acceptors (Lipinski definition) is 5. The fourth-order valence-electron chi connectivity index (χ4n) is 2.61. The molecule has 1 heterocycles. The molecule has 6 nitrogen and oxygen atoms in total. The summed E-state index contributed by atoms with van der Waals surface area (Å²) < 4.78 is 44.5. The first kappa shape index (κ1) is 15.8. The monoisotopic (exact) mass is 308 g/mol. The van der Waals surface area contributed by atoms with Gasteiger partial charge in [0.2, 0.25) is 0 Å². The number of aromatic nitrogens is 2. The minimum atomic E-state index is -4.89. The van der Waals surface area contributed by atoms with Crippen molar-refractivity contribution in [2.75, 3.05) is 6.61 Å².